The fourth-order valence-corrected chi connectivity index (χ4v) is 4.52. The van der Waals surface area contributed by atoms with E-state index in [0.717, 1.165) is 5.56 Å². The lowest BCUT2D eigenvalue weighted by molar-refractivity contribution is -0.113. The largest absolute Gasteiger partial charge is 0.495 e. The number of fused-ring (bicyclic) bond motifs is 1. The molecule has 0 saturated carbocycles. The Balaban J connectivity index is 1.60. The molecule has 0 saturated heterocycles. The first-order valence-corrected chi connectivity index (χ1v) is 12.1. The SMILES string of the molecule is COc1ccccc1NC(=O)C1=C(C)Nc2nc(-c3ccc(Cl)c(Cl)c3)nn2C1c1ccc(Cl)cc1. The minimum Gasteiger partial charge on any atom is -0.495 e. The van der Waals surface area contributed by atoms with E-state index in [-0.39, 0.29) is 5.91 Å². The first-order chi connectivity index (χ1) is 17.4. The topological polar surface area (TPSA) is 81.1 Å². The van der Waals surface area contributed by atoms with Crippen molar-refractivity contribution in [1.82, 2.24) is 14.8 Å². The number of carbonyl (C=O) groups excluding carboxylic acids is 1. The number of aromatic nitrogens is 3. The van der Waals surface area contributed by atoms with Gasteiger partial charge in [0, 0.05) is 16.3 Å². The van der Waals surface area contributed by atoms with Crippen LogP contribution in [0.2, 0.25) is 15.1 Å². The molecule has 2 heterocycles. The zero-order valence-electron chi connectivity index (χ0n) is 19.2. The first-order valence-electron chi connectivity index (χ1n) is 11.0. The van der Waals surface area contributed by atoms with Gasteiger partial charge in [0.2, 0.25) is 5.95 Å². The second-order valence-electron chi connectivity index (χ2n) is 8.10. The molecule has 0 radical (unpaired) electrons. The van der Waals surface area contributed by atoms with Crippen LogP contribution in [0.4, 0.5) is 11.6 Å². The van der Waals surface area contributed by atoms with E-state index >= 15 is 0 Å². The Labute approximate surface area is 222 Å². The van der Waals surface area contributed by atoms with Crippen molar-refractivity contribution < 1.29 is 9.53 Å². The van der Waals surface area contributed by atoms with Gasteiger partial charge in [0.05, 0.1) is 28.4 Å². The van der Waals surface area contributed by atoms with Gasteiger partial charge in [-0.25, -0.2) is 4.68 Å². The highest BCUT2D eigenvalue weighted by Gasteiger charge is 2.34. The van der Waals surface area contributed by atoms with Crippen LogP contribution in [0.15, 0.2) is 78.0 Å². The maximum Gasteiger partial charge on any atom is 0.255 e. The Morgan fingerprint density at radius 3 is 2.50 bits per heavy atom. The molecule has 0 aliphatic carbocycles. The summed E-state index contributed by atoms with van der Waals surface area (Å²) in [6.07, 6.45) is 0. The summed E-state index contributed by atoms with van der Waals surface area (Å²) in [6.45, 7) is 1.83. The lowest BCUT2D eigenvalue weighted by Crippen LogP contribution is -2.31. The van der Waals surface area contributed by atoms with Gasteiger partial charge in [-0.1, -0.05) is 59.1 Å². The molecule has 3 aromatic carbocycles. The highest BCUT2D eigenvalue weighted by atomic mass is 35.5. The summed E-state index contributed by atoms with van der Waals surface area (Å²) in [6, 6.07) is 19.1. The highest BCUT2D eigenvalue weighted by molar-refractivity contribution is 6.42. The van der Waals surface area contributed by atoms with Gasteiger partial charge in [0.1, 0.15) is 11.8 Å². The molecule has 4 aromatic rings. The number of amides is 1. The Bertz CT molecular complexity index is 1500. The van der Waals surface area contributed by atoms with Crippen LogP contribution in [0, 0.1) is 0 Å². The smallest absolute Gasteiger partial charge is 0.255 e. The number of benzene rings is 3. The van der Waals surface area contributed by atoms with Crippen LogP contribution in [0.25, 0.3) is 11.4 Å². The van der Waals surface area contributed by atoms with Crippen molar-refractivity contribution >= 4 is 52.3 Å². The highest BCUT2D eigenvalue weighted by Crippen LogP contribution is 2.38. The summed E-state index contributed by atoms with van der Waals surface area (Å²) in [4.78, 5) is 18.3. The number of rotatable bonds is 5. The predicted molar refractivity (Wildman–Crippen MR) is 143 cm³/mol. The maximum absolute atomic E-state index is 13.7. The van der Waals surface area contributed by atoms with Gasteiger partial charge in [-0.3, -0.25) is 4.79 Å². The molecular weight excluding hydrogens is 521 g/mol. The third kappa shape index (κ3) is 4.53. The molecule has 0 spiro atoms. The van der Waals surface area contributed by atoms with Crippen LogP contribution in [0.5, 0.6) is 5.75 Å². The molecule has 1 aliphatic rings. The van der Waals surface area contributed by atoms with Gasteiger partial charge in [0.15, 0.2) is 5.82 Å². The molecule has 2 N–H and O–H groups in total. The van der Waals surface area contributed by atoms with Gasteiger partial charge in [-0.15, -0.1) is 5.10 Å². The number of nitrogens with one attached hydrogen (secondary N) is 2. The Morgan fingerprint density at radius 1 is 1.03 bits per heavy atom. The normalized spacial score (nSPS) is 14.8. The number of ether oxygens (including phenoxy) is 1. The molecule has 7 nitrogen and oxygen atoms in total. The average molecular weight is 541 g/mol. The predicted octanol–water partition coefficient (Wildman–Crippen LogP) is 6.84. The molecule has 0 bridgehead atoms. The molecule has 1 unspecified atom stereocenters. The van der Waals surface area contributed by atoms with Crippen LogP contribution in [-0.4, -0.2) is 27.8 Å². The maximum atomic E-state index is 13.7. The van der Waals surface area contributed by atoms with E-state index in [1.165, 1.54) is 0 Å². The van der Waals surface area contributed by atoms with Gasteiger partial charge in [0.25, 0.3) is 5.91 Å². The summed E-state index contributed by atoms with van der Waals surface area (Å²) in [5, 5.41) is 12.4. The summed E-state index contributed by atoms with van der Waals surface area (Å²) < 4.78 is 7.09. The molecule has 0 fully saturated rings. The number of anilines is 2. The molecule has 1 atom stereocenters. The van der Waals surface area contributed by atoms with E-state index < -0.39 is 6.04 Å². The van der Waals surface area contributed by atoms with Crippen molar-refractivity contribution in [2.45, 2.75) is 13.0 Å². The number of para-hydroxylation sites is 2. The monoisotopic (exact) mass is 539 g/mol. The number of halogens is 3. The average Bonchev–Trinajstić information content (AvgIpc) is 3.29. The Kier molecular flexibility index (Phi) is 6.62. The third-order valence-corrected chi connectivity index (χ3v) is 6.81. The van der Waals surface area contributed by atoms with Crippen molar-refractivity contribution in [3.63, 3.8) is 0 Å². The lowest BCUT2D eigenvalue weighted by Gasteiger charge is -2.28. The van der Waals surface area contributed by atoms with E-state index in [4.69, 9.17) is 44.6 Å². The fraction of sp³-hybridized carbons (Fsp3) is 0.115. The number of methoxy groups -OCH3 is 1. The van der Waals surface area contributed by atoms with E-state index in [1.54, 1.807) is 54.3 Å². The van der Waals surface area contributed by atoms with Crippen molar-refractivity contribution in [3.05, 3.63) is 98.6 Å². The second-order valence-corrected chi connectivity index (χ2v) is 9.36. The zero-order chi connectivity index (χ0) is 25.4. The van der Waals surface area contributed by atoms with Crippen molar-refractivity contribution in [2.75, 3.05) is 17.7 Å². The quantitative estimate of drug-likeness (QED) is 0.290. The molecule has 36 heavy (non-hydrogen) atoms. The third-order valence-electron chi connectivity index (χ3n) is 5.82. The number of hydrogen-bond acceptors (Lipinski definition) is 5. The summed E-state index contributed by atoms with van der Waals surface area (Å²) in [5.74, 6) is 1.18. The second kappa shape index (κ2) is 9.85. The van der Waals surface area contributed by atoms with Crippen molar-refractivity contribution in [2.24, 2.45) is 0 Å². The Morgan fingerprint density at radius 2 is 1.78 bits per heavy atom. The molecule has 10 heteroatoms. The standard InChI is InChI=1S/C26H20Cl3N5O2/c1-14-22(25(35)31-20-5-3-4-6-21(20)36-2)23(15-7-10-17(27)11-8-15)34-26(30-14)32-24(33-34)16-9-12-18(28)19(29)13-16/h3-13,23H,1-2H3,(H,31,35)(H,30,32,33). The number of allylic oxidation sites excluding steroid dienone is 1. The van der Waals surface area contributed by atoms with Crippen molar-refractivity contribution in [1.29, 1.82) is 0 Å². The minimum absolute atomic E-state index is 0.304. The molecule has 182 valence electrons. The van der Waals surface area contributed by atoms with E-state index in [0.29, 0.717) is 55.1 Å². The van der Waals surface area contributed by atoms with Gasteiger partial charge in [-0.2, -0.15) is 4.98 Å². The summed E-state index contributed by atoms with van der Waals surface area (Å²) in [5.41, 5.74) is 3.18. The van der Waals surface area contributed by atoms with Crippen LogP contribution in [0.3, 0.4) is 0 Å². The van der Waals surface area contributed by atoms with Gasteiger partial charge >= 0.3 is 0 Å². The number of hydrogen-bond donors (Lipinski definition) is 2. The molecule has 1 aliphatic heterocycles. The van der Waals surface area contributed by atoms with Crippen molar-refractivity contribution in [3.8, 4) is 17.1 Å². The molecular formula is C26H20Cl3N5O2. The minimum atomic E-state index is -0.572. The zero-order valence-corrected chi connectivity index (χ0v) is 21.5. The number of nitrogens with zero attached hydrogens (tertiary/aromatic N) is 3. The van der Waals surface area contributed by atoms with Crippen LogP contribution in [0.1, 0.15) is 18.5 Å². The van der Waals surface area contributed by atoms with Gasteiger partial charge in [-0.05, 0) is 55.0 Å². The molecule has 5 rings (SSSR count). The van der Waals surface area contributed by atoms with E-state index in [2.05, 4.69) is 15.6 Å². The van der Waals surface area contributed by atoms with Gasteiger partial charge < -0.3 is 15.4 Å². The number of carbonyl (C=O) groups is 1. The van der Waals surface area contributed by atoms with E-state index in [1.807, 2.05) is 31.2 Å². The van der Waals surface area contributed by atoms with Crippen LogP contribution in [-0.2, 0) is 4.79 Å². The van der Waals surface area contributed by atoms with E-state index in [9.17, 15) is 4.79 Å². The Hall–Kier alpha value is -3.52. The molecule has 1 aromatic heterocycles. The van der Waals surface area contributed by atoms with Crippen LogP contribution >= 0.6 is 34.8 Å². The first kappa shape index (κ1) is 24.2. The summed E-state index contributed by atoms with van der Waals surface area (Å²) in [7, 11) is 1.56. The molecule has 1 amide bonds. The van der Waals surface area contributed by atoms with Crippen LogP contribution < -0.4 is 15.4 Å². The lowest BCUT2D eigenvalue weighted by atomic mass is 9.95. The summed E-state index contributed by atoms with van der Waals surface area (Å²) >= 11 is 18.5. The fourth-order valence-electron chi connectivity index (χ4n) is 4.09.